The Bertz CT molecular complexity index is 1180. The number of carboxylic acids is 1. The second kappa shape index (κ2) is 14.4. The fourth-order valence-electron chi connectivity index (χ4n) is 6.08. The molecule has 4 rings (SSSR count). The molecule has 2 aromatic rings. The largest absolute Gasteiger partial charge is 0.490 e. The number of hydrogen-bond acceptors (Lipinski definition) is 4. The van der Waals surface area contributed by atoms with E-state index in [0.717, 1.165) is 48.6 Å². The summed E-state index contributed by atoms with van der Waals surface area (Å²) >= 11 is 0. The number of nitrogens with zero attached hydrogens (tertiary/aromatic N) is 1. The van der Waals surface area contributed by atoms with Gasteiger partial charge in [0.05, 0.1) is 11.6 Å². The van der Waals surface area contributed by atoms with Crippen LogP contribution in [0.25, 0.3) is 10.8 Å². The summed E-state index contributed by atoms with van der Waals surface area (Å²) in [6, 6.07) is 14.0. The van der Waals surface area contributed by atoms with Gasteiger partial charge < -0.3 is 15.7 Å². The number of fused-ring (bicyclic) bond motifs is 1. The first-order valence-corrected chi connectivity index (χ1v) is 14.4. The molecule has 1 amide bonds. The highest BCUT2D eigenvalue weighted by Gasteiger charge is 2.39. The number of hydrogen-bond donors (Lipinski definition) is 3. The van der Waals surface area contributed by atoms with Crippen LogP contribution in [-0.2, 0) is 9.59 Å². The number of nitriles is 1. The lowest BCUT2D eigenvalue weighted by molar-refractivity contribution is -0.192. The summed E-state index contributed by atoms with van der Waals surface area (Å²) in [7, 11) is 0. The zero-order valence-electron chi connectivity index (χ0n) is 23.2. The Hall–Kier alpha value is -3.28. The average molecular weight is 560 g/mol. The van der Waals surface area contributed by atoms with Gasteiger partial charge >= 0.3 is 12.1 Å². The zero-order chi connectivity index (χ0) is 29.2. The number of anilines is 1. The van der Waals surface area contributed by atoms with Gasteiger partial charge in [0, 0.05) is 22.0 Å². The molecule has 0 spiro atoms. The Kier molecular flexibility index (Phi) is 11.2. The van der Waals surface area contributed by atoms with Crippen molar-refractivity contribution in [3.63, 3.8) is 0 Å². The zero-order valence-corrected chi connectivity index (χ0v) is 23.2. The van der Waals surface area contributed by atoms with E-state index in [1.54, 1.807) is 0 Å². The van der Waals surface area contributed by atoms with Crippen molar-refractivity contribution in [2.24, 2.45) is 5.92 Å². The smallest absolute Gasteiger partial charge is 0.475 e. The van der Waals surface area contributed by atoms with Crippen LogP contribution in [0.4, 0.5) is 18.9 Å². The Morgan fingerprint density at radius 2 is 1.62 bits per heavy atom. The Morgan fingerprint density at radius 1 is 1.02 bits per heavy atom. The van der Waals surface area contributed by atoms with Crippen molar-refractivity contribution in [3.8, 4) is 6.07 Å². The van der Waals surface area contributed by atoms with Crippen molar-refractivity contribution in [2.75, 3.05) is 5.32 Å². The van der Waals surface area contributed by atoms with E-state index in [9.17, 15) is 23.2 Å². The number of halogens is 3. The lowest BCUT2D eigenvalue weighted by Crippen LogP contribution is -2.56. The summed E-state index contributed by atoms with van der Waals surface area (Å²) in [6.07, 6.45) is 10.1. The summed E-state index contributed by atoms with van der Waals surface area (Å²) in [5, 5.41) is 25.9. The third kappa shape index (κ3) is 8.36. The van der Waals surface area contributed by atoms with Crippen molar-refractivity contribution in [3.05, 3.63) is 42.0 Å². The molecule has 3 N–H and O–H groups in total. The Labute approximate surface area is 234 Å². The fraction of sp³-hybridized carbons (Fsp3) is 0.581. The molecular formula is C31H40F3N3O3. The van der Waals surface area contributed by atoms with Gasteiger partial charge in [0.1, 0.15) is 6.04 Å². The lowest BCUT2D eigenvalue weighted by atomic mass is 9.77. The average Bonchev–Trinajstić information content (AvgIpc) is 2.95. The molecule has 6 nitrogen and oxygen atoms in total. The Morgan fingerprint density at radius 3 is 2.20 bits per heavy atom. The number of aliphatic carboxylic acids is 1. The Balaban J connectivity index is 0.000000559. The van der Waals surface area contributed by atoms with Gasteiger partial charge in [0.15, 0.2) is 0 Å². The highest BCUT2D eigenvalue weighted by atomic mass is 19.4. The molecule has 0 saturated heterocycles. The number of carboxylic acid groups (broad SMARTS) is 1. The van der Waals surface area contributed by atoms with E-state index < -0.39 is 12.1 Å². The van der Waals surface area contributed by atoms with Crippen molar-refractivity contribution in [2.45, 2.75) is 108 Å². The van der Waals surface area contributed by atoms with Crippen molar-refractivity contribution < 1.29 is 27.9 Å². The number of benzene rings is 2. The second-order valence-corrected chi connectivity index (χ2v) is 11.1. The summed E-state index contributed by atoms with van der Waals surface area (Å²) in [5.74, 6) is -2.24. The molecule has 0 heterocycles. The van der Waals surface area contributed by atoms with Gasteiger partial charge in [0.2, 0.25) is 5.91 Å². The molecule has 2 aliphatic rings. The molecule has 1 atom stereocenters. The van der Waals surface area contributed by atoms with Gasteiger partial charge in [-0.05, 0) is 50.2 Å². The molecule has 40 heavy (non-hydrogen) atoms. The van der Waals surface area contributed by atoms with Crippen LogP contribution in [0.15, 0.2) is 36.4 Å². The topological polar surface area (TPSA) is 102 Å². The summed E-state index contributed by atoms with van der Waals surface area (Å²) < 4.78 is 31.7. The van der Waals surface area contributed by atoms with Gasteiger partial charge in [-0.3, -0.25) is 4.79 Å². The maximum atomic E-state index is 13.9. The van der Waals surface area contributed by atoms with Gasteiger partial charge in [-0.1, -0.05) is 82.6 Å². The predicted molar refractivity (Wildman–Crippen MR) is 150 cm³/mol. The lowest BCUT2D eigenvalue weighted by Gasteiger charge is -2.41. The fourth-order valence-corrected chi connectivity index (χ4v) is 6.08. The highest BCUT2D eigenvalue weighted by molar-refractivity contribution is 5.99. The van der Waals surface area contributed by atoms with Crippen LogP contribution in [0.5, 0.6) is 0 Å². The molecule has 9 heteroatoms. The quantitative estimate of drug-likeness (QED) is 0.307. The summed E-state index contributed by atoms with van der Waals surface area (Å²) in [4.78, 5) is 22.8. The van der Waals surface area contributed by atoms with Crippen LogP contribution in [0.3, 0.4) is 0 Å². The van der Waals surface area contributed by atoms with Crippen LogP contribution in [-0.4, -0.2) is 34.7 Å². The minimum Gasteiger partial charge on any atom is -0.475 e. The SMILES string of the molecule is CCCCC1(NC(=O)[C@@H](Nc2ccc(C#N)c3ccccc23)C2CCCCC2)CCCCC1.O=C(O)C(F)(F)F. The molecule has 0 bridgehead atoms. The van der Waals surface area contributed by atoms with Crippen molar-refractivity contribution >= 4 is 28.3 Å². The van der Waals surface area contributed by atoms with Crippen LogP contribution in [0.2, 0.25) is 0 Å². The number of alkyl halides is 3. The molecule has 0 radical (unpaired) electrons. The van der Waals surface area contributed by atoms with E-state index in [2.05, 4.69) is 29.7 Å². The first-order chi connectivity index (χ1) is 19.1. The molecule has 2 aromatic carbocycles. The molecule has 0 aromatic heterocycles. The first kappa shape index (κ1) is 31.3. The van der Waals surface area contributed by atoms with Crippen molar-refractivity contribution in [1.82, 2.24) is 5.32 Å². The maximum absolute atomic E-state index is 13.9. The summed E-state index contributed by atoms with van der Waals surface area (Å²) in [6.45, 7) is 2.24. The van der Waals surface area contributed by atoms with Crippen molar-refractivity contribution in [1.29, 1.82) is 5.26 Å². The summed E-state index contributed by atoms with van der Waals surface area (Å²) in [5.41, 5.74) is 1.60. The van der Waals surface area contributed by atoms with E-state index in [4.69, 9.17) is 9.90 Å². The normalized spacial score (nSPS) is 18.1. The molecular weight excluding hydrogens is 519 g/mol. The van der Waals surface area contributed by atoms with Gasteiger partial charge in [-0.25, -0.2) is 4.79 Å². The van der Waals surface area contributed by atoms with E-state index in [-0.39, 0.29) is 17.5 Å². The standard InChI is InChI=1S/C29H39N3O.C2HF3O2/c1-2-3-18-29(19-10-5-11-20-29)32-28(33)27(22-12-6-4-7-13-22)31-26-17-16-23(21-30)24-14-8-9-15-25(24)26;3-2(4,5)1(6)7/h8-9,14-17,22,27,31H,2-7,10-13,18-20H2,1H3,(H,32,33);(H,6,7)/t27-;/m0./s1. The van der Waals surface area contributed by atoms with Crippen LogP contribution >= 0.6 is 0 Å². The third-order valence-corrected chi connectivity index (χ3v) is 8.21. The number of rotatable bonds is 8. The van der Waals surface area contributed by atoms with E-state index in [1.807, 2.05) is 30.3 Å². The van der Waals surface area contributed by atoms with Crippen LogP contribution < -0.4 is 10.6 Å². The van der Waals surface area contributed by atoms with Gasteiger partial charge in [-0.15, -0.1) is 0 Å². The van der Waals surface area contributed by atoms with Crippen LogP contribution in [0, 0.1) is 17.2 Å². The highest BCUT2D eigenvalue weighted by Crippen LogP contribution is 2.35. The maximum Gasteiger partial charge on any atom is 0.490 e. The van der Waals surface area contributed by atoms with Crippen LogP contribution in [0.1, 0.15) is 96.0 Å². The number of nitrogens with one attached hydrogen (secondary N) is 2. The molecule has 2 aliphatic carbocycles. The third-order valence-electron chi connectivity index (χ3n) is 8.21. The monoisotopic (exact) mass is 559 g/mol. The molecule has 0 aliphatic heterocycles. The number of amides is 1. The first-order valence-electron chi connectivity index (χ1n) is 14.4. The molecule has 2 saturated carbocycles. The van der Waals surface area contributed by atoms with E-state index in [0.29, 0.717) is 11.5 Å². The minimum atomic E-state index is -5.08. The second-order valence-electron chi connectivity index (χ2n) is 11.1. The number of carbonyl (C=O) groups excluding carboxylic acids is 1. The molecule has 2 fully saturated rings. The predicted octanol–water partition coefficient (Wildman–Crippen LogP) is 7.71. The molecule has 0 unspecified atom stereocenters. The minimum absolute atomic E-state index is 0.0350. The van der Waals surface area contributed by atoms with E-state index >= 15 is 0 Å². The van der Waals surface area contributed by atoms with Gasteiger partial charge in [-0.2, -0.15) is 18.4 Å². The molecule has 218 valence electrons. The number of unbranched alkanes of at least 4 members (excludes halogenated alkanes) is 1. The van der Waals surface area contributed by atoms with E-state index in [1.165, 1.54) is 51.4 Å². The number of carbonyl (C=O) groups is 2. The van der Waals surface area contributed by atoms with Gasteiger partial charge in [0.25, 0.3) is 0 Å².